The Bertz CT molecular complexity index is 406. The largest absolute Gasteiger partial charge is 0.385 e. The second-order valence-corrected chi connectivity index (χ2v) is 6.12. The minimum atomic E-state index is -0.534. The summed E-state index contributed by atoms with van der Waals surface area (Å²) in [5.74, 6) is 0.491. The zero-order chi connectivity index (χ0) is 12.4. The Morgan fingerprint density at radius 1 is 0.944 bits per heavy atom. The Balaban J connectivity index is 1.98. The summed E-state index contributed by atoms with van der Waals surface area (Å²) in [6.07, 6.45) is 10.9. The fourth-order valence-electron chi connectivity index (χ4n) is 4.01. The van der Waals surface area contributed by atoms with Crippen molar-refractivity contribution < 1.29 is 5.11 Å². The molecule has 0 bridgehead atoms. The average Bonchev–Trinajstić information content (AvgIpc) is 2.61. The third-order valence-corrected chi connectivity index (χ3v) is 5.02. The van der Waals surface area contributed by atoms with Crippen LogP contribution in [0.15, 0.2) is 24.3 Å². The maximum atomic E-state index is 11.3. The first-order valence-corrected chi connectivity index (χ1v) is 7.61. The molecule has 2 aliphatic carbocycles. The molecule has 0 aromatic heterocycles. The van der Waals surface area contributed by atoms with Crippen LogP contribution in [0.1, 0.15) is 62.5 Å². The van der Waals surface area contributed by atoms with Crippen LogP contribution in [0, 0.1) is 5.92 Å². The second kappa shape index (κ2) is 5.05. The summed E-state index contributed by atoms with van der Waals surface area (Å²) in [5.41, 5.74) is 2.10. The van der Waals surface area contributed by atoms with Crippen LogP contribution in [0.5, 0.6) is 0 Å². The minimum Gasteiger partial charge on any atom is -0.385 e. The predicted molar refractivity (Wildman–Crippen MR) is 74.5 cm³/mol. The number of rotatable bonds is 1. The fourth-order valence-corrected chi connectivity index (χ4v) is 4.01. The van der Waals surface area contributed by atoms with E-state index in [2.05, 4.69) is 24.3 Å². The first-order chi connectivity index (χ1) is 8.81. The smallest absolute Gasteiger partial charge is 0.0927 e. The molecule has 0 saturated heterocycles. The number of hydrogen-bond acceptors (Lipinski definition) is 1. The molecule has 0 spiro atoms. The highest BCUT2D eigenvalue weighted by molar-refractivity contribution is 5.34. The van der Waals surface area contributed by atoms with Crippen LogP contribution in [-0.2, 0) is 12.0 Å². The molecule has 0 aliphatic heterocycles. The molecule has 1 heteroatoms. The van der Waals surface area contributed by atoms with Gasteiger partial charge < -0.3 is 5.11 Å². The van der Waals surface area contributed by atoms with Crippen LogP contribution in [0.4, 0.5) is 0 Å². The fraction of sp³-hybridized carbons (Fsp3) is 0.647. The van der Waals surface area contributed by atoms with Gasteiger partial charge in [0.2, 0.25) is 0 Å². The summed E-state index contributed by atoms with van der Waals surface area (Å²) in [6, 6.07) is 8.60. The van der Waals surface area contributed by atoms with E-state index in [1.54, 1.807) is 0 Å². The molecular weight excluding hydrogens is 220 g/mol. The molecule has 98 valence electrons. The van der Waals surface area contributed by atoms with Crippen molar-refractivity contribution in [2.24, 2.45) is 5.92 Å². The molecule has 18 heavy (non-hydrogen) atoms. The lowest BCUT2D eigenvalue weighted by atomic mass is 9.71. The summed E-state index contributed by atoms with van der Waals surface area (Å²) in [4.78, 5) is 0. The van der Waals surface area contributed by atoms with Gasteiger partial charge in [0.25, 0.3) is 0 Å². The van der Waals surface area contributed by atoms with Gasteiger partial charge in [-0.15, -0.1) is 0 Å². The van der Waals surface area contributed by atoms with Gasteiger partial charge in [0, 0.05) is 0 Å². The van der Waals surface area contributed by atoms with Gasteiger partial charge >= 0.3 is 0 Å². The van der Waals surface area contributed by atoms with Gasteiger partial charge in [-0.1, -0.05) is 43.5 Å². The van der Waals surface area contributed by atoms with Gasteiger partial charge in [-0.2, -0.15) is 0 Å². The Labute approximate surface area is 110 Å². The lowest BCUT2D eigenvalue weighted by Gasteiger charge is -2.39. The molecule has 1 fully saturated rings. The summed E-state index contributed by atoms with van der Waals surface area (Å²) in [6.45, 7) is 0. The maximum absolute atomic E-state index is 11.3. The molecule has 0 heterocycles. The Kier molecular flexibility index (Phi) is 3.43. The van der Waals surface area contributed by atoms with Gasteiger partial charge in [0.05, 0.1) is 5.60 Å². The monoisotopic (exact) mass is 244 g/mol. The molecule has 3 rings (SSSR count). The average molecular weight is 244 g/mol. The van der Waals surface area contributed by atoms with Crippen molar-refractivity contribution in [1.29, 1.82) is 0 Å². The SMILES string of the molecule is OC1(C2CCCCC2)CCCCc2ccccc21. The van der Waals surface area contributed by atoms with E-state index in [4.69, 9.17) is 0 Å². The van der Waals surface area contributed by atoms with Gasteiger partial charge in [0.1, 0.15) is 0 Å². The normalized spacial score (nSPS) is 29.6. The zero-order valence-corrected chi connectivity index (χ0v) is 11.2. The number of aliphatic hydroxyl groups is 1. The van der Waals surface area contributed by atoms with Crippen LogP contribution in [0.3, 0.4) is 0 Å². The molecule has 0 amide bonds. The highest BCUT2D eigenvalue weighted by atomic mass is 16.3. The highest BCUT2D eigenvalue weighted by Crippen LogP contribution is 2.45. The molecule has 1 atom stereocenters. The lowest BCUT2D eigenvalue weighted by Crippen LogP contribution is -2.36. The number of hydrogen-bond donors (Lipinski definition) is 1. The van der Waals surface area contributed by atoms with Gasteiger partial charge in [-0.3, -0.25) is 0 Å². The third kappa shape index (κ3) is 2.09. The summed E-state index contributed by atoms with van der Waals surface area (Å²) in [5, 5.41) is 11.3. The molecule has 2 aliphatic rings. The minimum absolute atomic E-state index is 0.491. The van der Waals surface area contributed by atoms with E-state index in [1.807, 2.05) is 0 Å². The van der Waals surface area contributed by atoms with Crippen LogP contribution < -0.4 is 0 Å². The van der Waals surface area contributed by atoms with Gasteiger partial charge in [-0.05, 0) is 55.6 Å². The first kappa shape index (κ1) is 12.2. The highest BCUT2D eigenvalue weighted by Gasteiger charge is 2.40. The van der Waals surface area contributed by atoms with E-state index >= 15 is 0 Å². The van der Waals surface area contributed by atoms with E-state index in [-0.39, 0.29) is 0 Å². The van der Waals surface area contributed by atoms with Crippen molar-refractivity contribution in [1.82, 2.24) is 0 Å². The van der Waals surface area contributed by atoms with E-state index in [1.165, 1.54) is 56.1 Å². The zero-order valence-electron chi connectivity index (χ0n) is 11.2. The maximum Gasteiger partial charge on any atom is 0.0927 e. The Morgan fingerprint density at radius 2 is 1.72 bits per heavy atom. The Morgan fingerprint density at radius 3 is 2.56 bits per heavy atom. The van der Waals surface area contributed by atoms with Crippen molar-refractivity contribution in [3.05, 3.63) is 35.4 Å². The van der Waals surface area contributed by atoms with E-state index < -0.39 is 5.60 Å². The predicted octanol–water partition coefficient (Wildman–Crippen LogP) is 4.18. The van der Waals surface area contributed by atoms with Gasteiger partial charge in [0.15, 0.2) is 0 Å². The standard InChI is InChI=1S/C17H24O/c18-17(15-10-2-1-3-11-15)13-7-6-9-14-8-4-5-12-16(14)17/h4-5,8,12,15,18H,1-3,6-7,9-11,13H2. The molecule has 1 saturated carbocycles. The summed E-state index contributed by atoms with van der Waals surface area (Å²) in [7, 11) is 0. The molecule has 1 N–H and O–H groups in total. The molecule has 1 unspecified atom stereocenters. The summed E-state index contributed by atoms with van der Waals surface area (Å²) < 4.78 is 0. The van der Waals surface area contributed by atoms with Crippen molar-refractivity contribution in [2.45, 2.75) is 63.4 Å². The second-order valence-electron chi connectivity index (χ2n) is 6.12. The Hall–Kier alpha value is -0.820. The topological polar surface area (TPSA) is 20.2 Å². The van der Waals surface area contributed by atoms with Crippen LogP contribution in [0.2, 0.25) is 0 Å². The number of aryl methyl sites for hydroxylation is 1. The van der Waals surface area contributed by atoms with E-state index in [0.29, 0.717) is 5.92 Å². The van der Waals surface area contributed by atoms with Crippen LogP contribution in [-0.4, -0.2) is 5.11 Å². The van der Waals surface area contributed by atoms with Crippen molar-refractivity contribution >= 4 is 0 Å². The van der Waals surface area contributed by atoms with Crippen LogP contribution in [0.25, 0.3) is 0 Å². The van der Waals surface area contributed by atoms with Crippen molar-refractivity contribution in [2.75, 3.05) is 0 Å². The van der Waals surface area contributed by atoms with Gasteiger partial charge in [-0.25, -0.2) is 0 Å². The molecule has 1 aromatic rings. The summed E-state index contributed by atoms with van der Waals surface area (Å²) >= 11 is 0. The number of benzene rings is 1. The van der Waals surface area contributed by atoms with Crippen molar-refractivity contribution in [3.8, 4) is 0 Å². The molecule has 1 nitrogen and oxygen atoms in total. The molecular formula is C17H24O. The van der Waals surface area contributed by atoms with Crippen molar-refractivity contribution in [3.63, 3.8) is 0 Å². The number of fused-ring (bicyclic) bond motifs is 1. The van der Waals surface area contributed by atoms with E-state index in [9.17, 15) is 5.11 Å². The molecule has 1 aromatic carbocycles. The third-order valence-electron chi connectivity index (χ3n) is 5.02. The quantitative estimate of drug-likeness (QED) is 0.735. The lowest BCUT2D eigenvalue weighted by molar-refractivity contribution is -0.0464. The van der Waals surface area contributed by atoms with Crippen LogP contribution >= 0.6 is 0 Å². The van der Waals surface area contributed by atoms with E-state index in [0.717, 1.165) is 12.8 Å². The molecule has 0 radical (unpaired) electrons. The first-order valence-electron chi connectivity index (χ1n) is 7.61.